The molecule has 4 saturated carbocycles. The topological polar surface area (TPSA) is 173 Å². The Hall–Kier alpha value is -4.54. The number of nitrogens with zero attached hydrogens (tertiary/aromatic N) is 6. The third-order valence-electron chi connectivity index (χ3n) is 12.6. The normalized spacial score (nSPS) is 25.6. The molecule has 4 aromatic rings. The zero-order valence-corrected chi connectivity index (χ0v) is 30.4. The molecule has 2 spiro atoms. The van der Waals surface area contributed by atoms with E-state index in [1.165, 1.54) is 0 Å². The number of aliphatic hydroxyl groups excluding tert-OH is 1. The van der Waals surface area contributed by atoms with E-state index in [4.69, 9.17) is 9.84 Å². The van der Waals surface area contributed by atoms with Crippen molar-refractivity contribution in [3.05, 3.63) is 37.2 Å². The minimum Gasteiger partial charge on any atom is -0.481 e. The molecule has 2 aliphatic heterocycles. The van der Waals surface area contributed by atoms with E-state index in [0.717, 1.165) is 85.6 Å². The van der Waals surface area contributed by atoms with Crippen molar-refractivity contribution in [1.29, 1.82) is 0 Å². The first-order valence-corrected chi connectivity index (χ1v) is 19.1. The lowest BCUT2D eigenvalue weighted by molar-refractivity contribution is -0.164. The van der Waals surface area contributed by atoms with Crippen molar-refractivity contribution >= 4 is 45.6 Å². The molecule has 2 atom stereocenters. The van der Waals surface area contributed by atoms with Crippen LogP contribution in [0.4, 0.5) is 29.2 Å². The van der Waals surface area contributed by atoms with Crippen LogP contribution in [0, 0.1) is 34.5 Å². The third-order valence-corrected chi connectivity index (χ3v) is 12.6. The van der Waals surface area contributed by atoms with Gasteiger partial charge < -0.3 is 34.7 Å². The highest BCUT2D eigenvalue weighted by molar-refractivity contribution is 5.88. The Bertz CT molecular complexity index is 2020. The smallest absolute Gasteiger partial charge is 0.309 e. The molecular formula is C38H46F4N8O5. The fourth-order valence-electron chi connectivity index (χ4n) is 9.11. The number of halogens is 4. The fourth-order valence-corrected chi connectivity index (χ4v) is 9.11. The first-order chi connectivity index (χ1) is 26.3. The predicted octanol–water partition coefficient (Wildman–Crippen LogP) is 5.83. The number of esters is 1. The van der Waals surface area contributed by atoms with E-state index in [-0.39, 0.29) is 79.4 Å². The van der Waals surface area contributed by atoms with E-state index in [1.807, 2.05) is 24.5 Å². The van der Waals surface area contributed by atoms with Crippen molar-refractivity contribution < 1.29 is 42.1 Å². The minimum atomic E-state index is -2.57. The first kappa shape index (κ1) is 37.4. The van der Waals surface area contributed by atoms with Crippen LogP contribution in [0.2, 0.25) is 0 Å². The van der Waals surface area contributed by atoms with Gasteiger partial charge in [0.05, 0.1) is 29.2 Å². The first-order valence-electron chi connectivity index (χ1n) is 19.1. The number of carbonyl (C=O) groups excluding carboxylic acids is 1. The molecule has 0 bridgehead atoms. The van der Waals surface area contributed by atoms with Crippen molar-refractivity contribution in [3.63, 3.8) is 0 Å². The van der Waals surface area contributed by atoms with E-state index in [1.54, 1.807) is 12.7 Å². The number of ether oxygens (including phenoxy) is 1. The van der Waals surface area contributed by atoms with Crippen molar-refractivity contribution in [2.24, 2.45) is 34.5 Å². The number of alkyl halides is 4. The molecule has 2 saturated heterocycles. The minimum absolute atomic E-state index is 0.0301. The van der Waals surface area contributed by atoms with Gasteiger partial charge in [0.2, 0.25) is 11.8 Å². The van der Waals surface area contributed by atoms with E-state index in [2.05, 4.69) is 39.7 Å². The van der Waals surface area contributed by atoms with Crippen LogP contribution < -0.4 is 9.80 Å². The lowest BCUT2D eigenvalue weighted by Gasteiger charge is -2.39. The number of fused-ring (bicyclic) bond motifs is 2. The van der Waals surface area contributed by atoms with Crippen LogP contribution in [0.5, 0.6) is 0 Å². The highest BCUT2D eigenvalue weighted by atomic mass is 19.3. The number of aromatic nitrogens is 6. The molecule has 4 aromatic heterocycles. The maximum atomic E-state index is 12.9. The number of aromatic amines is 2. The number of carboxylic acid groups (broad SMARTS) is 1. The average Bonchev–Trinajstić information content (AvgIpc) is 3.93. The third kappa shape index (κ3) is 7.68. The number of aliphatic carboxylic acids is 1. The van der Waals surface area contributed by atoms with Gasteiger partial charge in [0, 0.05) is 87.6 Å². The summed E-state index contributed by atoms with van der Waals surface area (Å²) in [5, 5.41) is 19.6. The number of anilines is 2. The highest BCUT2D eigenvalue weighted by Crippen LogP contribution is 2.57. The summed E-state index contributed by atoms with van der Waals surface area (Å²) < 4.78 is 55.0. The number of piperidine rings is 2. The van der Waals surface area contributed by atoms with Gasteiger partial charge in [-0.1, -0.05) is 0 Å². The molecule has 0 aromatic carbocycles. The van der Waals surface area contributed by atoms with Crippen molar-refractivity contribution in [2.75, 3.05) is 49.2 Å². The number of rotatable bonds is 7. The fraction of sp³-hybridized carbons (Fsp3) is 0.632. The van der Waals surface area contributed by atoms with Gasteiger partial charge in [0.1, 0.15) is 35.6 Å². The summed E-state index contributed by atoms with van der Waals surface area (Å²) in [7, 11) is 0. The number of carbonyl (C=O) groups is 2. The Morgan fingerprint density at radius 1 is 0.745 bits per heavy atom. The van der Waals surface area contributed by atoms with Gasteiger partial charge in [0.25, 0.3) is 0 Å². The van der Waals surface area contributed by atoms with Crippen LogP contribution in [-0.4, -0.2) is 103 Å². The quantitative estimate of drug-likeness (QED) is 0.132. The summed E-state index contributed by atoms with van der Waals surface area (Å²) in [5.41, 5.74) is 1.55. The second kappa shape index (κ2) is 14.2. The van der Waals surface area contributed by atoms with Gasteiger partial charge in [-0.25, -0.2) is 37.5 Å². The number of aliphatic hydroxyl groups is 1. The van der Waals surface area contributed by atoms with Gasteiger partial charge in [-0.15, -0.1) is 0 Å². The van der Waals surface area contributed by atoms with Crippen LogP contribution in [0.1, 0.15) is 64.2 Å². The summed E-state index contributed by atoms with van der Waals surface area (Å²) in [6.07, 6.45) is 11.7. The molecule has 13 nitrogen and oxygen atoms in total. The van der Waals surface area contributed by atoms with Gasteiger partial charge in [-0.05, 0) is 56.6 Å². The van der Waals surface area contributed by atoms with Gasteiger partial charge >= 0.3 is 11.9 Å². The molecular weight excluding hydrogens is 724 g/mol. The van der Waals surface area contributed by atoms with E-state index < -0.39 is 17.8 Å². The molecule has 6 heterocycles. The Morgan fingerprint density at radius 2 is 1.22 bits per heavy atom. The maximum Gasteiger partial charge on any atom is 0.309 e. The molecule has 4 N–H and O–H groups in total. The molecule has 55 heavy (non-hydrogen) atoms. The van der Waals surface area contributed by atoms with Crippen LogP contribution in [0.3, 0.4) is 0 Å². The summed E-state index contributed by atoms with van der Waals surface area (Å²) in [6.45, 7) is 3.07. The monoisotopic (exact) mass is 770 g/mol. The molecule has 296 valence electrons. The van der Waals surface area contributed by atoms with Crippen molar-refractivity contribution in [3.8, 4) is 0 Å². The zero-order valence-electron chi connectivity index (χ0n) is 30.4. The molecule has 6 fully saturated rings. The van der Waals surface area contributed by atoms with Crippen LogP contribution in [0.15, 0.2) is 37.2 Å². The summed E-state index contributed by atoms with van der Waals surface area (Å²) in [5.74, 6) is -4.72. The van der Waals surface area contributed by atoms with Crippen molar-refractivity contribution in [2.45, 2.75) is 76.1 Å². The standard InChI is InChI=1S/C19H22F2N4O2.C14H16N4O2.C5H8F2O/c20-19(21)7-12(8-19)9-27-17(26)14-2-6-25(10-18(14)3-4-18)16-13-1-5-22-15(13)23-11-24-16;19-13(20)10-2-6-18(7-14(10)3-4-14)12-9-1-5-15-11(9)16-8-17-12;6-5(7)1-4(2-5)3-8/h1,5,11-12,14H,2-4,6-10H2,(H,22,23,24);1,5,8,10H,2-4,6-7H2,(H,19,20)(H,15,16,17);4,8H,1-3H2. The zero-order chi connectivity index (χ0) is 38.6. The highest BCUT2D eigenvalue weighted by Gasteiger charge is 2.57. The average molecular weight is 771 g/mol. The maximum absolute atomic E-state index is 12.9. The number of hydrogen-bond acceptors (Lipinski definition) is 10. The van der Waals surface area contributed by atoms with Gasteiger partial charge in [-0.2, -0.15) is 0 Å². The van der Waals surface area contributed by atoms with Gasteiger partial charge in [-0.3, -0.25) is 9.59 Å². The lowest BCUT2D eigenvalue weighted by atomic mass is 9.81. The van der Waals surface area contributed by atoms with E-state index in [9.17, 15) is 32.3 Å². The van der Waals surface area contributed by atoms with Crippen molar-refractivity contribution in [1.82, 2.24) is 29.9 Å². The molecule has 10 rings (SSSR count). The Morgan fingerprint density at radius 3 is 1.65 bits per heavy atom. The number of hydrogen-bond donors (Lipinski definition) is 4. The predicted molar refractivity (Wildman–Crippen MR) is 193 cm³/mol. The molecule has 17 heteroatoms. The van der Waals surface area contributed by atoms with Crippen LogP contribution in [0.25, 0.3) is 22.1 Å². The molecule has 6 aliphatic rings. The largest absolute Gasteiger partial charge is 0.481 e. The van der Waals surface area contributed by atoms with Crippen LogP contribution in [-0.2, 0) is 14.3 Å². The molecule has 4 aliphatic carbocycles. The van der Waals surface area contributed by atoms with Gasteiger partial charge in [0.15, 0.2) is 0 Å². The summed E-state index contributed by atoms with van der Waals surface area (Å²) in [6, 6.07) is 3.95. The van der Waals surface area contributed by atoms with E-state index >= 15 is 0 Å². The molecule has 0 radical (unpaired) electrons. The SMILES string of the molecule is O=C(O)C1CCN(c2ncnc3[nH]ccc23)CC12CC2.O=C(OCC1CC(F)(F)C1)C1CCN(c2ncnc3[nH]ccc23)CC12CC2.OCC1CC(F)(F)C1. The number of carboxylic acids is 1. The molecule has 2 unspecified atom stereocenters. The second-order valence-corrected chi connectivity index (χ2v) is 16.5. The number of nitrogens with one attached hydrogen (secondary N) is 2. The number of H-pyrrole nitrogens is 2. The summed E-state index contributed by atoms with van der Waals surface area (Å²) in [4.78, 5) is 52.0. The Balaban J connectivity index is 0.000000133. The Kier molecular flexibility index (Phi) is 9.65. The van der Waals surface area contributed by atoms with E-state index in [0.29, 0.717) is 12.8 Å². The second-order valence-electron chi connectivity index (χ2n) is 16.5. The summed E-state index contributed by atoms with van der Waals surface area (Å²) >= 11 is 0. The van der Waals surface area contributed by atoms with Crippen LogP contribution >= 0.6 is 0 Å². The molecule has 0 amide bonds. The Labute approximate surface area is 314 Å². The lowest BCUT2D eigenvalue weighted by Crippen LogP contribution is -2.46.